The Morgan fingerprint density at radius 2 is 2.23 bits per heavy atom. The molecule has 0 radical (unpaired) electrons. The van der Waals surface area contributed by atoms with Gasteiger partial charge in [-0.05, 0) is 31.4 Å². The van der Waals surface area contributed by atoms with Crippen LogP contribution in [0.25, 0.3) is 10.6 Å². The highest BCUT2D eigenvalue weighted by Crippen LogP contribution is 2.33. The van der Waals surface area contributed by atoms with E-state index in [0.717, 1.165) is 30.6 Å². The summed E-state index contributed by atoms with van der Waals surface area (Å²) in [4.78, 5) is 21.9. The Kier molecular flexibility index (Phi) is 4.35. The molecule has 1 saturated heterocycles. The van der Waals surface area contributed by atoms with E-state index in [9.17, 15) is 14.3 Å². The molecule has 1 aromatic heterocycles. The van der Waals surface area contributed by atoms with Crippen molar-refractivity contribution in [3.63, 3.8) is 0 Å². The summed E-state index contributed by atoms with van der Waals surface area (Å²) in [7, 11) is 0. The molecule has 1 aliphatic heterocycles. The summed E-state index contributed by atoms with van der Waals surface area (Å²) in [5.41, 5.74) is 0.524. The highest BCUT2D eigenvalue weighted by atomic mass is 32.1. The fourth-order valence-electron chi connectivity index (χ4n) is 2.24. The van der Waals surface area contributed by atoms with Crippen LogP contribution in [-0.2, 0) is 4.84 Å². The quantitative estimate of drug-likeness (QED) is 0.922. The molecule has 2 heterocycles. The Balaban J connectivity index is 1.87. The van der Waals surface area contributed by atoms with Gasteiger partial charge in [-0.15, -0.1) is 11.3 Å². The van der Waals surface area contributed by atoms with Crippen LogP contribution in [0.1, 0.15) is 28.9 Å². The summed E-state index contributed by atoms with van der Waals surface area (Å²) in [6, 6.07) is 5.88. The number of hydrogen-bond acceptors (Lipinski definition) is 5. The van der Waals surface area contributed by atoms with E-state index in [0.29, 0.717) is 23.7 Å². The van der Waals surface area contributed by atoms with Crippen molar-refractivity contribution in [3.05, 3.63) is 35.0 Å². The van der Waals surface area contributed by atoms with Crippen molar-refractivity contribution in [3.8, 4) is 16.5 Å². The monoisotopic (exact) mass is 322 g/mol. The molecule has 22 heavy (non-hydrogen) atoms. The van der Waals surface area contributed by atoms with Crippen LogP contribution in [0.15, 0.2) is 24.3 Å². The second kappa shape index (κ2) is 6.41. The summed E-state index contributed by atoms with van der Waals surface area (Å²) < 4.78 is 13.3. The van der Waals surface area contributed by atoms with Gasteiger partial charge < -0.3 is 5.11 Å². The lowest BCUT2D eigenvalue weighted by atomic mass is 10.2. The van der Waals surface area contributed by atoms with E-state index in [1.54, 1.807) is 12.1 Å². The zero-order chi connectivity index (χ0) is 15.5. The molecule has 0 aliphatic carbocycles. The van der Waals surface area contributed by atoms with Gasteiger partial charge in [0.15, 0.2) is 4.88 Å². The molecule has 0 atom stereocenters. The maximum absolute atomic E-state index is 13.3. The maximum Gasteiger partial charge on any atom is 0.293 e. The Labute approximate surface area is 130 Å². The van der Waals surface area contributed by atoms with E-state index in [2.05, 4.69) is 4.98 Å². The number of aromatic nitrogens is 1. The SMILES string of the molecule is O=C(c1sc(-c2cccc(F)c2)nc1O)N1CCCCCO1. The van der Waals surface area contributed by atoms with Crippen molar-refractivity contribution in [2.75, 3.05) is 13.2 Å². The molecule has 1 fully saturated rings. The van der Waals surface area contributed by atoms with Crippen molar-refractivity contribution in [1.29, 1.82) is 0 Å². The molecule has 0 unspecified atom stereocenters. The zero-order valence-electron chi connectivity index (χ0n) is 11.8. The van der Waals surface area contributed by atoms with Gasteiger partial charge in [0.1, 0.15) is 10.8 Å². The first-order valence-corrected chi connectivity index (χ1v) is 7.87. The van der Waals surface area contributed by atoms with Crippen LogP contribution in [0.4, 0.5) is 4.39 Å². The van der Waals surface area contributed by atoms with Gasteiger partial charge in [0.25, 0.3) is 5.91 Å². The average molecular weight is 322 g/mol. The van der Waals surface area contributed by atoms with Crippen molar-refractivity contribution < 1.29 is 19.1 Å². The maximum atomic E-state index is 13.3. The number of aromatic hydroxyl groups is 1. The average Bonchev–Trinajstić information content (AvgIpc) is 2.73. The Morgan fingerprint density at radius 3 is 3.05 bits per heavy atom. The number of carbonyl (C=O) groups excluding carboxylic acids is 1. The number of rotatable bonds is 2. The largest absolute Gasteiger partial charge is 0.492 e. The van der Waals surface area contributed by atoms with Gasteiger partial charge in [-0.25, -0.2) is 14.4 Å². The lowest BCUT2D eigenvalue weighted by Crippen LogP contribution is -2.30. The van der Waals surface area contributed by atoms with Crippen LogP contribution in [-0.4, -0.2) is 34.2 Å². The predicted molar refractivity (Wildman–Crippen MR) is 80.0 cm³/mol. The van der Waals surface area contributed by atoms with Crippen LogP contribution in [0, 0.1) is 5.82 Å². The van der Waals surface area contributed by atoms with Gasteiger partial charge in [-0.2, -0.15) is 0 Å². The Morgan fingerprint density at radius 1 is 1.36 bits per heavy atom. The van der Waals surface area contributed by atoms with Crippen LogP contribution in [0.5, 0.6) is 5.88 Å². The fraction of sp³-hybridized carbons (Fsp3) is 0.333. The lowest BCUT2D eigenvalue weighted by Gasteiger charge is -2.17. The molecule has 1 aliphatic rings. The first kappa shape index (κ1) is 14.9. The minimum Gasteiger partial charge on any atom is -0.492 e. The number of thiazole rings is 1. The summed E-state index contributed by atoms with van der Waals surface area (Å²) in [6.07, 6.45) is 2.78. The number of amides is 1. The van der Waals surface area contributed by atoms with Gasteiger partial charge in [-0.3, -0.25) is 9.63 Å². The predicted octanol–water partition coefficient (Wildman–Crippen LogP) is 3.21. The van der Waals surface area contributed by atoms with E-state index in [1.807, 2.05) is 0 Å². The highest BCUT2D eigenvalue weighted by Gasteiger charge is 2.25. The topological polar surface area (TPSA) is 62.7 Å². The molecular formula is C15H15FN2O3S. The van der Waals surface area contributed by atoms with Gasteiger partial charge in [0, 0.05) is 12.1 Å². The second-order valence-electron chi connectivity index (χ2n) is 4.98. The zero-order valence-corrected chi connectivity index (χ0v) is 12.6. The third-order valence-corrected chi connectivity index (χ3v) is 4.44. The number of carbonyl (C=O) groups is 1. The highest BCUT2D eigenvalue weighted by molar-refractivity contribution is 7.17. The van der Waals surface area contributed by atoms with Crippen LogP contribution in [0.2, 0.25) is 0 Å². The van der Waals surface area contributed by atoms with E-state index in [-0.39, 0.29) is 10.8 Å². The molecule has 116 valence electrons. The van der Waals surface area contributed by atoms with E-state index < -0.39 is 11.7 Å². The molecule has 0 bridgehead atoms. The van der Waals surface area contributed by atoms with Crippen molar-refractivity contribution >= 4 is 17.2 Å². The normalized spacial score (nSPS) is 15.6. The van der Waals surface area contributed by atoms with Gasteiger partial charge >= 0.3 is 0 Å². The smallest absolute Gasteiger partial charge is 0.293 e. The van der Waals surface area contributed by atoms with Crippen molar-refractivity contribution in [1.82, 2.24) is 10.0 Å². The summed E-state index contributed by atoms with van der Waals surface area (Å²) in [5, 5.41) is 11.6. The molecule has 5 nitrogen and oxygen atoms in total. The third kappa shape index (κ3) is 3.10. The third-order valence-electron chi connectivity index (χ3n) is 3.35. The number of halogens is 1. The number of hydroxylamine groups is 2. The molecule has 3 rings (SSSR count). The molecule has 1 amide bonds. The first-order chi connectivity index (χ1) is 10.6. The fourth-order valence-corrected chi connectivity index (χ4v) is 3.14. The number of hydrogen-bond donors (Lipinski definition) is 1. The van der Waals surface area contributed by atoms with E-state index in [4.69, 9.17) is 4.84 Å². The molecule has 7 heteroatoms. The van der Waals surface area contributed by atoms with Crippen molar-refractivity contribution in [2.24, 2.45) is 0 Å². The molecule has 0 saturated carbocycles. The van der Waals surface area contributed by atoms with Gasteiger partial charge in [0.05, 0.1) is 6.61 Å². The molecular weight excluding hydrogens is 307 g/mol. The van der Waals surface area contributed by atoms with Crippen LogP contribution < -0.4 is 0 Å². The lowest BCUT2D eigenvalue weighted by molar-refractivity contribution is -0.115. The molecule has 0 spiro atoms. The minimum absolute atomic E-state index is 0.112. The second-order valence-corrected chi connectivity index (χ2v) is 5.98. The Hall–Kier alpha value is -1.99. The minimum atomic E-state index is -0.403. The van der Waals surface area contributed by atoms with Crippen LogP contribution in [0.3, 0.4) is 0 Å². The van der Waals surface area contributed by atoms with E-state index >= 15 is 0 Å². The standard InChI is InChI=1S/C15H15FN2O3S/c16-11-6-4-5-10(9-11)14-17-13(19)12(22-14)15(20)18-7-2-1-3-8-21-18/h4-6,9,19H,1-3,7-8H2. The van der Waals surface area contributed by atoms with Gasteiger partial charge in [-0.1, -0.05) is 12.1 Å². The van der Waals surface area contributed by atoms with Crippen molar-refractivity contribution in [2.45, 2.75) is 19.3 Å². The van der Waals surface area contributed by atoms with Crippen LogP contribution >= 0.6 is 11.3 Å². The summed E-state index contributed by atoms with van der Waals surface area (Å²) in [6.45, 7) is 0.980. The van der Waals surface area contributed by atoms with E-state index in [1.165, 1.54) is 17.2 Å². The summed E-state index contributed by atoms with van der Waals surface area (Å²) >= 11 is 1.03. The Bertz CT molecular complexity index is 681. The van der Waals surface area contributed by atoms with Gasteiger partial charge in [0.2, 0.25) is 5.88 Å². The summed E-state index contributed by atoms with van der Waals surface area (Å²) in [5.74, 6) is -1.14. The molecule has 1 N–H and O–H groups in total. The molecule has 2 aromatic rings. The number of nitrogens with zero attached hydrogens (tertiary/aromatic N) is 2. The molecule has 1 aromatic carbocycles. The first-order valence-electron chi connectivity index (χ1n) is 7.05. The number of benzene rings is 1.